The molecule has 2 heteroatoms. The Labute approximate surface area is 193 Å². The van der Waals surface area contributed by atoms with Crippen LogP contribution in [-0.2, 0) is 0 Å². The maximum Gasteiger partial charge on any atom is 0.0799 e. The van der Waals surface area contributed by atoms with Gasteiger partial charge in [0.2, 0.25) is 0 Å². The molecule has 0 spiro atoms. The van der Waals surface area contributed by atoms with Gasteiger partial charge in [-0.25, -0.2) is 0 Å². The monoisotopic (exact) mass is 442 g/mol. The zero-order valence-corrected chi connectivity index (χ0v) is 22.8. The molecule has 0 bridgehead atoms. The van der Waals surface area contributed by atoms with Crippen LogP contribution in [0.15, 0.2) is 0 Å². The van der Waals surface area contributed by atoms with E-state index in [9.17, 15) is 0 Å². The third-order valence-electron chi connectivity index (χ3n) is 6.80. The van der Waals surface area contributed by atoms with Crippen molar-refractivity contribution in [2.45, 2.75) is 156 Å². The van der Waals surface area contributed by atoms with Crippen molar-refractivity contribution in [1.29, 1.82) is 0 Å². The summed E-state index contributed by atoms with van der Waals surface area (Å²) in [5.41, 5.74) is 0. The molecule has 1 nitrogen and oxygen atoms in total. The van der Waals surface area contributed by atoms with Crippen molar-refractivity contribution < 1.29 is 0 Å². The van der Waals surface area contributed by atoms with E-state index in [0.717, 1.165) is 0 Å². The largest absolute Gasteiger partial charge is 0.192 e. The van der Waals surface area contributed by atoms with Gasteiger partial charge in [-0.2, -0.15) is 5.09 Å². The molecule has 0 atom stereocenters. The Hall–Kier alpha value is 0.390. The van der Waals surface area contributed by atoms with Gasteiger partial charge in [0, 0.05) is 6.54 Å². The minimum atomic E-state index is -0.943. The summed E-state index contributed by atoms with van der Waals surface area (Å²) >= 11 is 0. The number of unbranched alkanes of at least 4 members (excludes halogenated alkanes) is 16. The zero-order chi connectivity index (χ0) is 22.2. The van der Waals surface area contributed by atoms with Crippen LogP contribution < -0.4 is 5.09 Å². The van der Waals surface area contributed by atoms with Crippen molar-refractivity contribution >= 4 is 7.41 Å². The lowest BCUT2D eigenvalue weighted by atomic mass is 10.1. The summed E-state index contributed by atoms with van der Waals surface area (Å²) in [4.78, 5) is 0. The van der Waals surface area contributed by atoms with Gasteiger partial charge in [-0.1, -0.05) is 111 Å². The molecule has 0 aliphatic carbocycles. The molecule has 0 aromatic rings. The molecule has 0 rings (SSSR count). The quantitative estimate of drug-likeness (QED) is 0.109. The second kappa shape index (κ2) is 24.0. The van der Waals surface area contributed by atoms with Crippen LogP contribution in [0.4, 0.5) is 0 Å². The molecule has 182 valence electrons. The van der Waals surface area contributed by atoms with Gasteiger partial charge < -0.3 is 0 Å². The summed E-state index contributed by atoms with van der Waals surface area (Å²) in [6.07, 6.45) is 33.4. The number of hydrogen-bond acceptors (Lipinski definition) is 1. The van der Waals surface area contributed by atoms with E-state index in [1.165, 1.54) is 153 Å². The summed E-state index contributed by atoms with van der Waals surface area (Å²) in [7, 11) is -0.943. The van der Waals surface area contributed by atoms with Gasteiger partial charge in [-0.3, -0.25) is 0 Å². The summed E-state index contributed by atoms with van der Waals surface area (Å²) in [5, 5.41) is 4.25. The molecule has 0 aliphatic rings. The Morgan fingerprint density at radius 1 is 0.367 bits per heavy atom. The Kier molecular flexibility index (Phi) is 24.4. The highest BCUT2D eigenvalue weighted by molar-refractivity contribution is 7.74. The van der Waals surface area contributed by atoms with Gasteiger partial charge in [0.25, 0.3) is 0 Å². The lowest BCUT2D eigenvalue weighted by Crippen LogP contribution is -2.25. The SMILES string of the molecule is CCCCCCCC[P+](CCCCCCCC)(CCCCCCCC)NCCCC. The first-order valence-electron chi connectivity index (χ1n) is 14.4. The molecule has 0 aromatic heterocycles. The van der Waals surface area contributed by atoms with Crippen LogP contribution in [0, 0.1) is 0 Å². The van der Waals surface area contributed by atoms with E-state index in [0.29, 0.717) is 0 Å². The topological polar surface area (TPSA) is 12.0 Å². The molecule has 0 fully saturated rings. The molecule has 0 heterocycles. The lowest BCUT2D eigenvalue weighted by molar-refractivity contribution is 0.612. The van der Waals surface area contributed by atoms with E-state index in [4.69, 9.17) is 0 Å². The lowest BCUT2D eigenvalue weighted by Gasteiger charge is -2.29. The van der Waals surface area contributed by atoms with Crippen molar-refractivity contribution in [2.75, 3.05) is 25.0 Å². The second-order valence-corrected chi connectivity index (χ2v) is 13.8. The van der Waals surface area contributed by atoms with Crippen LogP contribution in [0.3, 0.4) is 0 Å². The van der Waals surface area contributed by atoms with Crippen molar-refractivity contribution in [1.82, 2.24) is 5.09 Å². The maximum absolute atomic E-state index is 4.25. The zero-order valence-electron chi connectivity index (χ0n) is 21.9. The van der Waals surface area contributed by atoms with Gasteiger partial charge >= 0.3 is 0 Å². The molecular formula is C28H61NP+. The first kappa shape index (κ1) is 30.4. The highest BCUT2D eigenvalue weighted by atomic mass is 31.2. The molecular weight excluding hydrogens is 381 g/mol. The first-order valence-corrected chi connectivity index (χ1v) is 16.7. The van der Waals surface area contributed by atoms with Gasteiger partial charge in [0.1, 0.15) is 0 Å². The first-order chi connectivity index (χ1) is 14.7. The van der Waals surface area contributed by atoms with Crippen molar-refractivity contribution in [2.24, 2.45) is 0 Å². The van der Waals surface area contributed by atoms with E-state index in [1.807, 2.05) is 0 Å². The van der Waals surface area contributed by atoms with Crippen LogP contribution in [0.1, 0.15) is 156 Å². The standard InChI is InChI=1S/C28H61NP/c1-5-9-13-16-19-22-26-30(29-25-12-8-4,27-23-20-17-14-10-6-2)28-24-21-18-15-11-7-3/h29H,5-28H2,1-4H3/q+1. The number of hydrogen-bond donors (Lipinski definition) is 1. The van der Waals surface area contributed by atoms with Gasteiger partial charge in [0.15, 0.2) is 0 Å². The predicted octanol–water partition coefficient (Wildman–Crippen LogP) is 10.4. The van der Waals surface area contributed by atoms with Crippen LogP contribution in [-0.4, -0.2) is 25.0 Å². The minimum absolute atomic E-state index is 0.943. The Balaban J connectivity index is 4.61. The van der Waals surface area contributed by atoms with Crippen LogP contribution in [0.25, 0.3) is 0 Å². The summed E-state index contributed by atoms with van der Waals surface area (Å²) in [6, 6.07) is 0. The molecule has 0 saturated carbocycles. The van der Waals surface area contributed by atoms with E-state index in [2.05, 4.69) is 32.8 Å². The molecule has 0 aliphatic heterocycles. The van der Waals surface area contributed by atoms with Crippen LogP contribution >= 0.6 is 7.41 Å². The van der Waals surface area contributed by atoms with Crippen LogP contribution in [0.5, 0.6) is 0 Å². The van der Waals surface area contributed by atoms with E-state index in [1.54, 1.807) is 0 Å². The Morgan fingerprint density at radius 3 is 1.00 bits per heavy atom. The highest BCUT2D eigenvalue weighted by Crippen LogP contribution is 2.57. The molecule has 0 saturated heterocycles. The van der Waals surface area contributed by atoms with Gasteiger partial charge in [0.05, 0.1) is 25.9 Å². The summed E-state index contributed by atoms with van der Waals surface area (Å²) < 4.78 is 0. The molecule has 0 amide bonds. The number of nitrogens with one attached hydrogen (secondary N) is 1. The van der Waals surface area contributed by atoms with E-state index >= 15 is 0 Å². The van der Waals surface area contributed by atoms with Crippen molar-refractivity contribution in [3.05, 3.63) is 0 Å². The van der Waals surface area contributed by atoms with Crippen molar-refractivity contribution in [3.8, 4) is 0 Å². The minimum Gasteiger partial charge on any atom is -0.192 e. The summed E-state index contributed by atoms with van der Waals surface area (Å²) in [6.45, 7) is 10.6. The smallest absolute Gasteiger partial charge is 0.0799 e. The van der Waals surface area contributed by atoms with Gasteiger partial charge in [-0.05, 0) is 44.9 Å². The average molecular weight is 443 g/mol. The molecule has 0 unspecified atom stereocenters. The fraction of sp³-hybridized carbons (Fsp3) is 1.00. The molecule has 30 heavy (non-hydrogen) atoms. The summed E-state index contributed by atoms with van der Waals surface area (Å²) in [5.74, 6) is 0. The van der Waals surface area contributed by atoms with E-state index < -0.39 is 7.41 Å². The fourth-order valence-electron chi connectivity index (χ4n) is 4.65. The Morgan fingerprint density at radius 2 is 0.667 bits per heavy atom. The fourth-order valence-corrected chi connectivity index (χ4v) is 8.91. The third kappa shape index (κ3) is 19.1. The number of rotatable bonds is 25. The normalized spacial score (nSPS) is 12.0. The van der Waals surface area contributed by atoms with E-state index in [-0.39, 0.29) is 0 Å². The highest BCUT2D eigenvalue weighted by Gasteiger charge is 2.35. The molecule has 0 aromatic carbocycles. The third-order valence-corrected chi connectivity index (χ3v) is 11.2. The molecule has 1 N–H and O–H groups in total. The predicted molar refractivity (Wildman–Crippen MR) is 145 cm³/mol. The van der Waals surface area contributed by atoms with Gasteiger partial charge in [-0.15, -0.1) is 0 Å². The maximum atomic E-state index is 4.25. The molecule has 0 radical (unpaired) electrons. The second-order valence-electron chi connectivity index (χ2n) is 9.88. The van der Waals surface area contributed by atoms with Crippen molar-refractivity contribution in [3.63, 3.8) is 0 Å². The van der Waals surface area contributed by atoms with Crippen LogP contribution in [0.2, 0.25) is 0 Å². The average Bonchev–Trinajstić information content (AvgIpc) is 2.75. The Bertz CT molecular complexity index is 277.